The smallest absolute Gasteiger partial charge is 0.282 e. The minimum atomic E-state index is -4.22. The zero-order valence-electron chi connectivity index (χ0n) is 10.1. The van der Waals surface area contributed by atoms with Gasteiger partial charge in [-0.25, -0.2) is 0 Å². The first-order chi connectivity index (χ1) is 9.45. The van der Waals surface area contributed by atoms with E-state index in [1.165, 1.54) is 18.2 Å². The summed E-state index contributed by atoms with van der Waals surface area (Å²) in [6.07, 6.45) is 0. The molecule has 0 bridgehead atoms. The van der Waals surface area contributed by atoms with Crippen LogP contribution in [0.2, 0.25) is 0 Å². The van der Waals surface area contributed by atoms with Crippen LogP contribution in [-0.4, -0.2) is 13.0 Å². The number of hydrogen-bond donors (Lipinski definition) is 2. The van der Waals surface area contributed by atoms with Crippen LogP contribution in [0.15, 0.2) is 68.2 Å². The number of anilines is 1. The summed E-state index contributed by atoms with van der Waals surface area (Å²) in [5, 5.41) is 7.66. The maximum absolute atomic E-state index is 11.0. The third kappa shape index (κ3) is 4.12. The molecule has 0 saturated carbocycles. The fourth-order valence-electron chi connectivity index (χ4n) is 1.37. The molecule has 0 unspecified atom stereocenters. The first kappa shape index (κ1) is 14.6. The number of benzene rings is 2. The molecule has 0 amide bonds. The van der Waals surface area contributed by atoms with Crippen molar-refractivity contribution in [3.8, 4) is 0 Å². The number of nitrogens with zero attached hydrogens (tertiary/aromatic N) is 2. The summed E-state index contributed by atoms with van der Waals surface area (Å²) in [6, 6.07) is 12.8. The van der Waals surface area contributed by atoms with E-state index in [9.17, 15) is 8.42 Å². The van der Waals surface area contributed by atoms with Crippen molar-refractivity contribution < 1.29 is 13.0 Å². The third-order valence-electron chi connectivity index (χ3n) is 2.30. The van der Waals surface area contributed by atoms with E-state index in [-0.39, 0.29) is 4.90 Å². The number of halogens is 1. The van der Waals surface area contributed by atoms with Crippen molar-refractivity contribution >= 4 is 37.4 Å². The van der Waals surface area contributed by atoms with Crippen LogP contribution in [0, 0.1) is 0 Å². The Balaban J connectivity index is 2.09. The second-order valence-corrected chi connectivity index (χ2v) is 6.13. The van der Waals surface area contributed by atoms with Gasteiger partial charge in [0.25, 0.3) is 10.1 Å². The summed E-state index contributed by atoms with van der Waals surface area (Å²) in [5.41, 5.74) is 3.64. The van der Waals surface area contributed by atoms with Crippen LogP contribution < -0.4 is 5.43 Å². The van der Waals surface area contributed by atoms with E-state index in [0.29, 0.717) is 11.4 Å². The van der Waals surface area contributed by atoms with Gasteiger partial charge in [-0.3, -0.25) is 9.98 Å². The van der Waals surface area contributed by atoms with Gasteiger partial charge in [-0.05, 0) is 42.5 Å². The molecular weight excluding hydrogens is 346 g/mol. The Bertz CT molecular complexity index is 730. The van der Waals surface area contributed by atoms with Crippen LogP contribution in [0.25, 0.3) is 0 Å². The normalized spacial score (nSPS) is 11.7. The van der Waals surface area contributed by atoms with Crippen LogP contribution in [-0.2, 0) is 10.1 Å². The van der Waals surface area contributed by atoms with E-state index in [4.69, 9.17) is 4.55 Å². The molecule has 2 N–H and O–H groups in total. The monoisotopic (exact) mass is 355 g/mol. The topological polar surface area (TPSA) is 91.1 Å². The summed E-state index contributed by atoms with van der Waals surface area (Å²) in [4.78, 5) is -0.207. The average molecular weight is 356 g/mol. The fraction of sp³-hybridized carbons (Fsp3) is 0. The molecule has 2 aromatic rings. The molecule has 20 heavy (non-hydrogen) atoms. The van der Waals surface area contributed by atoms with E-state index in [1.54, 1.807) is 18.2 Å². The highest BCUT2D eigenvalue weighted by molar-refractivity contribution is 9.10. The highest BCUT2D eigenvalue weighted by atomic mass is 79.9. The van der Waals surface area contributed by atoms with E-state index in [2.05, 4.69) is 31.7 Å². The van der Waals surface area contributed by atoms with E-state index in [1.807, 2.05) is 12.1 Å². The quantitative estimate of drug-likeness (QED) is 0.495. The van der Waals surface area contributed by atoms with E-state index >= 15 is 0 Å². The Labute approximate surface area is 124 Å². The molecule has 2 aromatic carbocycles. The molecule has 0 atom stereocenters. The Morgan fingerprint density at radius 1 is 1.10 bits per heavy atom. The van der Waals surface area contributed by atoms with Gasteiger partial charge >= 0.3 is 0 Å². The lowest BCUT2D eigenvalue weighted by Gasteiger charge is -2.01. The van der Waals surface area contributed by atoms with Crippen LogP contribution in [0.4, 0.5) is 11.4 Å². The lowest BCUT2D eigenvalue weighted by Crippen LogP contribution is -1.98. The van der Waals surface area contributed by atoms with Crippen LogP contribution >= 0.6 is 15.9 Å². The standard InChI is InChI=1S/C12H10BrN3O3S/c13-9-4-6-10(7-5-9)14-16-15-11-2-1-3-12(8-11)20(17,18)19/h1-8H,(H,14,15)(H,17,18,19). The van der Waals surface area contributed by atoms with Crippen LogP contribution in [0.3, 0.4) is 0 Å². The van der Waals surface area contributed by atoms with E-state index < -0.39 is 10.1 Å². The Hall–Kier alpha value is -1.77. The van der Waals surface area contributed by atoms with Gasteiger partial charge in [0.2, 0.25) is 0 Å². The maximum Gasteiger partial charge on any atom is 0.294 e. The highest BCUT2D eigenvalue weighted by Gasteiger charge is 2.08. The van der Waals surface area contributed by atoms with Gasteiger partial charge in [-0.1, -0.05) is 27.2 Å². The molecular formula is C12H10BrN3O3S. The molecule has 104 valence electrons. The molecule has 0 aliphatic heterocycles. The number of hydrogen-bond acceptors (Lipinski definition) is 4. The molecule has 0 aliphatic carbocycles. The first-order valence-corrected chi connectivity index (χ1v) is 7.68. The van der Waals surface area contributed by atoms with Crippen LogP contribution in [0.1, 0.15) is 0 Å². The fourth-order valence-corrected chi connectivity index (χ4v) is 2.17. The molecule has 0 spiro atoms. The summed E-state index contributed by atoms with van der Waals surface area (Å²) >= 11 is 3.31. The van der Waals surface area contributed by atoms with Gasteiger partial charge in [0.15, 0.2) is 0 Å². The van der Waals surface area contributed by atoms with Gasteiger partial charge in [0.1, 0.15) is 0 Å². The predicted octanol–water partition coefficient (Wildman–Crippen LogP) is 3.81. The van der Waals surface area contributed by atoms with Crippen LogP contribution in [0.5, 0.6) is 0 Å². The molecule has 0 heterocycles. The zero-order valence-corrected chi connectivity index (χ0v) is 12.5. The molecule has 6 nitrogen and oxygen atoms in total. The van der Waals surface area contributed by atoms with Gasteiger partial charge in [0.05, 0.1) is 16.3 Å². The molecule has 0 radical (unpaired) electrons. The Morgan fingerprint density at radius 3 is 2.45 bits per heavy atom. The molecule has 8 heteroatoms. The number of rotatable bonds is 4. The minimum Gasteiger partial charge on any atom is -0.282 e. The summed E-state index contributed by atoms with van der Waals surface area (Å²) in [6.45, 7) is 0. The highest BCUT2D eigenvalue weighted by Crippen LogP contribution is 2.18. The molecule has 0 aromatic heterocycles. The van der Waals surface area contributed by atoms with Crippen molar-refractivity contribution in [2.24, 2.45) is 10.3 Å². The average Bonchev–Trinajstić information content (AvgIpc) is 2.40. The minimum absolute atomic E-state index is 0.207. The van der Waals surface area contributed by atoms with Gasteiger partial charge in [0, 0.05) is 4.47 Å². The first-order valence-electron chi connectivity index (χ1n) is 5.45. The van der Waals surface area contributed by atoms with Crippen molar-refractivity contribution in [2.75, 3.05) is 5.43 Å². The lowest BCUT2D eigenvalue weighted by atomic mass is 10.3. The number of nitrogens with one attached hydrogen (secondary N) is 1. The van der Waals surface area contributed by atoms with Gasteiger partial charge < -0.3 is 0 Å². The van der Waals surface area contributed by atoms with Crippen molar-refractivity contribution in [1.82, 2.24) is 0 Å². The van der Waals surface area contributed by atoms with E-state index in [0.717, 1.165) is 4.47 Å². The molecule has 0 fully saturated rings. The Morgan fingerprint density at radius 2 is 1.80 bits per heavy atom. The largest absolute Gasteiger partial charge is 0.294 e. The zero-order chi connectivity index (χ0) is 14.6. The summed E-state index contributed by atoms with van der Waals surface area (Å²) in [7, 11) is -4.22. The second-order valence-electron chi connectivity index (χ2n) is 3.79. The van der Waals surface area contributed by atoms with Crippen molar-refractivity contribution in [1.29, 1.82) is 0 Å². The van der Waals surface area contributed by atoms with Gasteiger partial charge in [-0.2, -0.15) is 8.42 Å². The summed E-state index contributed by atoms with van der Waals surface area (Å²) < 4.78 is 31.8. The molecule has 0 saturated heterocycles. The molecule has 0 aliphatic rings. The molecule has 2 rings (SSSR count). The van der Waals surface area contributed by atoms with Gasteiger partial charge in [-0.15, -0.1) is 5.11 Å². The maximum atomic E-state index is 11.0. The van der Waals surface area contributed by atoms with Crippen molar-refractivity contribution in [3.05, 3.63) is 53.0 Å². The Kier molecular flexibility index (Phi) is 4.48. The lowest BCUT2D eigenvalue weighted by molar-refractivity contribution is 0.483. The van der Waals surface area contributed by atoms with Crippen molar-refractivity contribution in [3.63, 3.8) is 0 Å². The van der Waals surface area contributed by atoms with Crippen molar-refractivity contribution in [2.45, 2.75) is 4.90 Å². The summed E-state index contributed by atoms with van der Waals surface area (Å²) in [5.74, 6) is 0. The SMILES string of the molecule is O=S(=O)(O)c1cccc(NN=Nc2ccc(Br)cc2)c1. The predicted molar refractivity (Wildman–Crippen MR) is 78.5 cm³/mol. The third-order valence-corrected chi connectivity index (χ3v) is 3.68. The second kappa shape index (κ2) is 6.12.